The topological polar surface area (TPSA) is 71.8 Å². The molecule has 5 nitrogen and oxygen atoms in total. The number of hydrazone groups is 1. The third-order valence-corrected chi connectivity index (χ3v) is 6.43. The fourth-order valence-corrected chi connectivity index (χ4v) is 5.03. The molecule has 1 unspecified atom stereocenters. The van der Waals surface area contributed by atoms with Crippen LogP contribution >= 0.6 is 11.8 Å². The van der Waals surface area contributed by atoms with Gasteiger partial charge < -0.3 is 10.2 Å². The van der Waals surface area contributed by atoms with Crippen molar-refractivity contribution in [2.75, 3.05) is 11.6 Å². The van der Waals surface area contributed by atoms with Crippen molar-refractivity contribution in [3.05, 3.63) is 99.4 Å². The number of anilines is 1. The van der Waals surface area contributed by atoms with Gasteiger partial charge in [-0.2, -0.15) is 5.10 Å². The van der Waals surface area contributed by atoms with Crippen molar-refractivity contribution in [2.24, 2.45) is 10.8 Å². The average molecular weight is 442 g/mol. The first kappa shape index (κ1) is 21.3. The summed E-state index contributed by atoms with van der Waals surface area (Å²) < 4.78 is 34.4. The zero-order valence-corrected chi connectivity index (χ0v) is 17.7. The van der Waals surface area contributed by atoms with E-state index in [0.717, 1.165) is 23.8 Å². The van der Waals surface area contributed by atoms with Gasteiger partial charge in [0, 0.05) is 17.7 Å². The summed E-state index contributed by atoms with van der Waals surface area (Å²) in [5, 5.41) is 6.52. The number of hydrogen-bond donors (Lipinski definition) is 1. The second kappa shape index (κ2) is 8.64. The van der Waals surface area contributed by atoms with Gasteiger partial charge >= 0.3 is 0 Å². The van der Waals surface area contributed by atoms with E-state index in [1.165, 1.54) is 23.9 Å². The first-order valence-electron chi connectivity index (χ1n) is 9.83. The summed E-state index contributed by atoms with van der Waals surface area (Å²) in [5.74, 6) is -0.493. The van der Waals surface area contributed by atoms with Gasteiger partial charge in [-0.25, -0.2) is 13.8 Å². The first-order chi connectivity index (χ1) is 14.9. The lowest BCUT2D eigenvalue weighted by Gasteiger charge is -2.36. The highest BCUT2D eigenvalue weighted by molar-refractivity contribution is 8.15. The SMILES string of the molecule is Cc1cc(=O)cc(N2N=C(c3cc(F)ccc3F)SC2(CCCN)c2ccccc2)o1. The van der Waals surface area contributed by atoms with Gasteiger partial charge in [0.15, 0.2) is 5.43 Å². The first-order valence-corrected chi connectivity index (χ1v) is 10.7. The number of nitrogens with two attached hydrogens (primary N) is 1. The number of hydrogen-bond acceptors (Lipinski definition) is 6. The zero-order chi connectivity index (χ0) is 22.0. The molecule has 2 heterocycles. The van der Waals surface area contributed by atoms with Gasteiger partial charge in [-0.05, 0) is 50.1 Å². The molecule has 0 fully saturated rings. The summed E-state index contributed by atoms with van der Waals surface area (Å²) >= 11 is 1.29. The van der Waals surface area contributed by atoms with Gasteiger partial charge in [0.05, 0.1) is 0 Å². The Balaban J connectivity index is 1.93. The Bertz CT molecular complexity index is 1180. The van der Waals surface area contributed by atoms with E-state index in [0.29, 0.717) is 30.2 Å². The molecule has 3 aromatic rings. The lowest BCUT2D eigenvalue weighted by molar-refractivity contribution is 0.447. The van der Waals surface area contributed by atoms with Crippen molar-refractivity contribution in [3.63, 3.8) is 0 Å². The van der Waals surface area contributed by atoms with Gasteiger partial charge in [0.1, 0.15) is 27.3 Å². The number of benzene rings is 2. The number of halogens is 2. The molecule has 2 aromatic carbocycles. The Morgan fingerprint density at radius 3 is 2.61 bits per heavy atom. The van der Waals surface area contributed by atoms with Crippen molar-refractivity contribution in [2.45, 2.75) is 24.6 Å². The predicted octanol–water partition coefficient (Wildman–Crippen LogP) is 4.73. The third kappa shape index (κ3) is 4.13. The molecule has 8 heteroatoms. The molecule has 1 aliphatic rings. The van der Waals surface area contributed by atoms with Crippen LogP contribution in [0, 0.1) is 18.6 Å². The Morgan fingerprint density at radius 1 is 1.13 bits per heavy atom. The van der Waals surface area contributed by atoms with Crippen molar-refractivity contribution in [1.29, 1.82) is 0 Å². The van der Waals surface area contributed by atoms with Crippen molar-refractivity contribution in [1.82, 2.24) is 0 Å². The predicted molar refractivity (Wildman–Crippen MR) is 119 cm³/mol. The maximum absolute atomic E-state index is 14.6. The zero-order valence-electron chi connectivity index (χ0n) is 16.8. The summed E-state index contributed by atoms with van der Waals surface area (Å²) in [7, 11) is 0. The van der Waals surface area contributed by atoms with E-state index in [2.05, 4.69) is 5.10 Å². The van der Waals surface area contributed by atoms with E-state index >= 15 is 0 Å². The van der Waals surface area contributed by atoms with Gasteiger partial charge in [0.25, 0.3) is 0 Å². The molecule has 0 spiro atoms. The molecule has 0 radical (unpaired) electrons. The van der Waals surface area contributed by atoms with Crippen LogP contribution in [0.2, 0.25) is 0 Å². The van der Waals surface area contributed by atoms with Crippen LogP contribution < -0.4 is 16.2 Å². The minimum Gasteiger partial charge on any atom is -0.444 e. The maximum atomic E-state index is 14.6. The lowest BCUT2D eigenvalue weighted by atomic mass is 10.0. The molecule has 31 heavy (non-hydrogen) atoms. The Morgan fingerprint density at radius 2 is 1.90 bits per heavy atom. The summed E-state index contributed by atoms with van der Waals surface area (Å²) in [6, 6.07) is 15.5. The van der Waals surface area contributed by atoms with Gasteiger partial charge in [-0.1, -0.05) is 42.1 Å². The number of aryl methyl sites for hydroxylation is 1. The standard InChI is InChI=1S/C23H21F2N3O2S/c1-15-12-18(29)14-21(30-15)28-23(10-5-11-26,16-6-3-2-4-7-16)31-22(27-28)19-13-17(24)8-9-20(19)25/h2-4,6-9,12-14H,5,10-11,26H2,1H3. The van der Waals surface area contributed by atoms with Crippen molar-refractivity contribution in [3.8, 4) is 0 Å². The third-order valence-electron chi connectivity index (χ3n) is 4.99. The van der Waals surface area contributed by atoms with Crippen LogP contribution in [-0.2, 0) is 4.87 Å². The molecule has 1 aromatic heterocycles. The molecule has 160 valence electrons. The molecule has 4 rings (SSSR count). The molecule has 1 aliphatic heterocycles. The fraction of sp³-hybridized carbons (Fsp3) is 0.217. The number of rotatable bonds is 6. The number of nitrogens with zero attached hydrogens (tertiary/aromatic N) is 2. The summed E-state index contributed by atoms with van der Waals surface area (Å²) in [4.78, 5) is 11.4. The largest absolute Gasteiger partial charge is 0.444 e. The molecular formula is C23H21F2N3O2S. The molecule has 0 amide bonds. The second-order valence-corrected chi connectivity index (χ2v) is 8.49. The van der Waals surface area contributed by atoms with E-state index in [4.69, 9.17) is 10.2 Å². The second-order valence-electron chi connectivity index (χ2n) is 7.23. The van der Waals surface area contributed by atoms with E-state index in [1.54, 1.807) is 11.9 Å². The normalized spacial score (nSPS) is 18.3. The van der Waals surface area contributed by atoms with Crippen LogP contribution in [0.25, 0.3) is 0 Å². The molecular weight excluding hydrogens is 420 g/mol. The van der Waals surface area contributed by atoms with E-state index in [-0.39, 0.29) is 16.9 Å². The summed E-state index contributed by atoms with van der Waals surface area (Å²) in [6.45, 7) is 2.11. The molecule has 1 atom stereocenters. The molecule has 0 aliphatic carbocycles. The van der Waals surface area contributed by atoms with E-state index in [1.807, 2.05) is 30.3 Å². The van der Waals surface area contributed by atoms with Crippen LogP contribution in [0.15, 0.2) is 75.0 Å². The van der Waals surface area contributed by atoms with E-state index in [9.17, 15) is 13.6 Å². The molecule has 2 N–H and O–H groups in total. The highest BCUT2D eigenvalue weighted by atomic mass is 32.2. The minimum absolute atomic E-state index is 0.0514. The molecule has 0 saturated carbocycles. The van der Waals surface area contributed by atoms with Crippen LogP contribution in [0.3, 0.4) is 0 Å². The summed E-state index contributed by atoms with van der Waals surface area (Å²) in [5.41, 5.74) is 6.52. The highest BCUT2D eigenvalue weighted by Crippen LogP contribution is 2.52. The fourth-order valence-electron chi connectivity index (χ4n) is 3.61. The Kier molecular flexibility index (Phi) is 5.93. The summed E-state index contributed by atoms with van der Waals surface area (Å²) in [6.07, 6.45) is 1.18. The van der Waals surface area contributed by atoms with Gasteiger partial charge in [-0.15, -0.1) is 0 Å². The highest BCUT2D eigenvalue weighted by Gasteiger charge is 2.47. The lowest BCUT2D eigenvalue weighted by Crippen LogP contribution is -2.38. The van der Waals surface area contributed by atoms with Crippen LogP contribution in [0.4, 0.5) is 14.7 Å². The van der Waals surface area contributed by atoms with Crippen LogP contribution in [0.5, 0.6) is 0 Å². The van der Waals surface area contributed by atoms with Gasteiger partial charge in [0.2, 0.25) is 5.88 Å². The van der Waals surface area contributed by atoms with Crippen LogP contribution in [-0.4, -0.2) is 11.6 Å². The Labute approximate surface area is 182 Å². The molecule has 0 saturated heterocycles. The maximum Gasteiger partial charge on any atom is 0.221 e. The van der Waals surface area contributed by atoms with Crippen LogP contribution in [0.1, 0.15) is 29.7 Å². The van der Waals surface area contributed by atoms with Crippen molar-refractivity contribution < 1.29 is 13.2 Å². The smallest absolute Gasteiger partial charge is 0.221 e. The van der Waals surface area contributed by atoms with Crippen molar-refractivity contribution >= 4 is 22.7 Å². The molecule has 0 bridgehead atoms. The average Bonchev–Trinajstić information content (AvgIpc) is 3.14. The van der Waals surface area contributed by atoms with E-state index < -0.39 is 16.5 Å². The number of thioether (sulfide) groups is 1. The quantitative estimate of drug-likeness (QED) is 0.599. The minimum atomic E-state index is -0.849. The monoisotopic (exact) mass is 441 g/mol. The Hall–Kier alpha value is -2.97. The van der Waals surface area contributed by atoms with Gasteiger partial charge in [-0.3, -0.25) is 4.79 Å².